The molecule has 27 heavy (non-hydrogen) atoms. The second kappa shape index (κ2) is 6.79. The first-order valence-electron chi connectivity index (χ1n) is 8.94. The normalized spacial score (nSPS) is 21.0. The molecule has 0 bridgehead atoms. The molecule has 1 spiro atoms. The number of pyridine rings is 2. The van der Waals surface area contributed by atoms with Gasteiger partial charge in [0.1, 0.15) is 17.1 Å². The number of aromatic amines is 1. The molecule has 8 nitrogen and oxygen atoms in total. The zero-order valence-corrected chi connectivity index (χ0v) is 15.3. The molecule has 142 valence electrons. The lowest BCUT2D eigenvalue weighted by atomic mass is 9.90. The Morgan fingerprint density at radius 2 is 2.19 bits per heavy atom. The first-order chi connectivity index (χ1) is 13.0. The zero-order valence-electron chi connectivity index (χ0n) is 15.3. The minimum absolute atomic E-state index is 0.0385. The Morgan fingerprint density at radius 1 is 1.37 bits per heavy atom. The number of nitrogens with one attached hydrogen (secondary N) is 2. The van der Waals surface area contributed by atoms with Crippen molar-refractivity contribution in [3.63, 3.8) is 0 Å². The van der Waals surface area contributed by atoms with Crippen LogP contribution in [0.15, 0.2) is 35.4 Å². The molecule has 0 unspecified atom stereocenters. The van der Waals surface area contributed by atoms with Crippen LogP contribution in [0.1, 0.15) is 13.8 Å². The van der Waals surface area contributed by atoms with E-state index >= 15 is 0 Å². The van der Waals surface area contributed by atoms with Gasteiger partial charge in [-0.15, -0.1) is 0 Å². The predicted octanol–water partition coefficient (Wildman–Crippen LogP) is 1.39. The van der Waals surface area contributed by atoms with Crippen molar-refractivity contribution in [3.8, 4) is 11.1 Å². The second-order valence-electron chi connectivity index (χ2n) is 6.99. The second-order valence-corrected chi connectivity index (χ2v) is 6.99. The van der Waals surface area contributed by atoms with Gasteiger partial charge in [-0.25, -0.2) is 4.98 Å². The van der Waals surface area contributed by atoms with E-state index in [0.29, 0.717) is 37.9 Å². The van der Waals surface area contributed by atoms with Crippen molar-refractivity contribution in [2.45, 2.75) is 25.5 Å². The first-order valence-corrected chi connectivity index (χ1v) is 8.94. The number of amides is 1. The summed E-state index contributed by atoms with van der Waals surface area (Å²) >= 11 is 0. The molecule has 2 aromatic heterocycles. The predicted molar refractivity (Wildman–Crippen MR) is 101 cm³/mol. The third kappa shape index (κ3) is 3.22. The van der Waals surface area contributed by atoms with Crippen LogP contribution < -0.4 is 15.8 Å². The van der Waals surface area contributed by atoms with Gasteiger partial charge in [0.25, 0.3) is 5.56 Å². The van der Waals surface area contributed by atoms with Crippen LogP contribution >= 0.6 is 0 Å². The molecule has 2 aromatic rings. The van der Waals surface area contributed by atoms with Gasteiger partial charge in [-0.05, 0) is 25.1 Å². The maximum absolute atomic E-state index is 12.5. The maximum atomic E-state index is 12.5. The number of carbonyl (C=O) groups excluding carboxylic acids is 1. The SMILES string of the molecule is CC(=O)Nc1ccc(-c2c[nH]c(=O)c(N3CCOC4(COC4)[C@@H]3C)c2)cn1. The molecule has 2 aliphatic heterocycles. The lowest BCUT2D eigenvalue weighted by Gasteiger charge is -2.53. The van der Waals surface area contributed by atoms with Gasteiger partial charge in [0.15, 0.2) is 0 Å². The third-order valence-corrected chi connectivity index (χ3v) is 5.24. The van der Waals surface area contributed by atoms with E-state index in [1.807, 2.05) is 12.1 Å². The number of ether oxygens (including phenoxy) is 2. The molecule has 0 aliphatic carbocycles. The number of aromatic nitrogens is 2. The monoisotopic (exact) mass is 370 g/mol. The molecule has 0 radical (unpaired) electrons. The molecular formula is C19H22N4O4. The van der Waals surface area contributed by atoms with Crippen molar-refractivity contribution in [2.75, 3.05) is 36.6 Å². The lowest BCUT2D eigenvalue weighted by Crippen LogP contribution is -2.68. The molecular weight excluding hydrogens is 348 g/mol. The van der Waals surface area contributed by atoms with Crippen LogP contribution in [0.25, 0.3) is 11.1 Å². The van der Waals surface area contributed by atoms with Gasteiger partial charge in [-0.3, -0.25) is 9.59 Å². The Morgan fingerprint density at radius 3 is 2.81 bits per heavy atom. The molecule has 8 heteroatoms. The van der Waals surface area contributed by atoms with E-state index in [9.17, 15) is 9.59 Å². The summed E-state index contributed by atoms with van der Waals surface area (Å²) in [5, 5.41) is 2.64. The van der Waals surface area contributed by atoms with Crippen molar-refractivity contribution in [1.82, 2.24) is 9.97 Å². The fourth-order valence-electron chi connectivity index (χ4n) is 3.57. The molecule has 4 rings (SSSR count). The average molecular weight is 370 g/mol. The summed E-state index contributed by atoms with van der Waals surface area (Å²) < 4.78 is 11.3. The average Bonchev–Trinajstić information content (AvgIpc) is 2.62. The number of hydrogen-bond donors (Lipinski definition) is 2. The highest BCUT2D eigenvalue weighted by atomic mass is 16.6. The number of H-pyrrole nitrogens is 1. The van der Waals surface area contributed by atoms with Gasteiger partial charge < -0.3 is 24.7 Å². The van der Waals surface area contributed by atoms with Crippen LogP contribution in [0.3, 0.4) is 0 Å². The Bertz CT molecular complexity index is 905. The Kier molecular flexibility index (Phi) is 4.45. The molecule has 2 aliphatic rings. The largest absolute Gasteiger partial charge is 0.375 e. The van der Waals surface area contributed by atoms with E-state index in [-0.39, 0.29) is 23.1 Å². The van der Waals surface area contributed by atoms with Crippen LogP contribution in [0.2, 0.25) is 0 Å². The third-order valence-electron chi connectivity index (χ3n) is 5.24. The summed E-state index contributed by atoms with van der Waals surface area (Å²) in [5.41, 5.74) is 1.85. The number of hydrogen-bond acceptors (Lipinski definition) is 6. The highest BCUT2D eigenvalue weighted by Gasteiger charge is 2.50. The van der Waals surface area contributed by atoms with Crippen LogP contribution in [-0.2, 0) is 14.3 Å². The van der Waals surface area contributed by atoms with Crippen LogP contribution in [0, 0.1) is 0 Å². The maximum Gasteiger partial charge on any atom is 0.271 e. The summed E-state index contributed by atoms with van der Waals surface area (Å²) in [6, 6.07) is 5.51. The number of nitrogens with zero attached hydrogens (tertiary/aromatic N) is 2. The van der Waals surface area contributed by atoms with E-state index in [4.69, 9.17) is 9.47 Å². The summed E-state index contributed by atoms with van der Waals surface area (Å²) in [6.07, 6.45) is 3.35. The van der Waals surface area contributed by atoms with Gasteiger partial charge in [-0.1, -0.05) is 0 Å². The van der Waals surface area contributed by atoms with Gasteiger partial charge in [0.05, 0.1) is 25.9 Å². The highest BCUT2D eigenvalue weighted by molar-refractivity contribution is 5.87. The van der Waals surface area contributed by atoms with Crippen molar-refractivity contribution >= 4 is 17.4 Å². The van der Waals surface area contributed by atoms with Crippen molar-refractivity contribution < 1.29 is 14.3 Å². The van der Waals surface area contributed by atoms with E-state index in [0.717, 1.165) is 11.1 Å². The molecule has 0 saturated carbocycles. The van der Waals surface area contributed by atoms with Gasteiger partial charge in [0.2, 0.25) is 5.91 Å². The van der Waals surface area contributed by atoms with Crippen molar-refractivity contribution in [3.05, 3.63) is 40.9 Å². The summed E-state index contributed by atoms with van der Waals surface area (Å²) in [5.74, 6) is 0.321. The summed E-state index contributed by atoms with van der Waals surface area (Å²) in [6.45, 7) is 5.82. The first kappa shape index (κ1) is 17.7. The number of rotatable bonds is 3. The van der Waals surface area contributed by atoms with Crippen molar-refractivity contribution in [2.24, 2.45) is 0 Å². The van der Waals surface area contributed by atoms with E-state index in [2.05, 4.69) is 27.1 Å². The van der Waals surface area contributed by atoms with Gasteiger partial charge in [0, 0.05) is 37.0 Å². The molecule has 2 fully saturated rings. The van der Waals surface area contributed by atoms with Crippen LogP contribution in [0.5, 0.6) is 0 Å². The van der Waals surface area contributed by atoms with E-state index < -0.39 is 0 Å². The number of carbonyl (C=O) groups is 1. The fourth-order valence-corrected chi connectivity index (χ4v) is 3.57. The Hall–Kier alpha value is -2.71. The van der Waals surface area contributed by atoms with E-state index in [1.54, 1.807) is 18.5 Å². The topological polar surface area (TPSA) is 96.6 Å². The fraction of sp³-hybridized carbons (Fsp3) is 0.421. The van der Waals surface area contributed by atoms with Crippen LogP contribution in [0.4, 0.5) is 11.5 Å². The molecule has 1 amide bonds. The van der Waals surface area contributed by atoms with Gasteiger partial charge in [-0.2, -0.15) is 0 Å². The Labute approximate surface area is 156 Å². The van der Waals surface area contributed by atoms with Crippen molar-refractivity contribution in [1.29, 1.82) is 0 Å². The van der Waals surface area contributed by atoms with E-state index in [1.165, 1.54) is 6.92 Å². The summed E-state index contributed by atoms with van der Waals surface area (Å²) in [4.78, 5) is 32.8. The number of anilines is 2. The minimum atomic E-state index is -0.331. The standard InChI is InChI=1S/C19H22N4O4/c1-12-19(10-26-11-19)27-6-5-23(12)16-7-15(9-21-18(16)25)14-3-4-17(20-8-14)22-13(2)24/h3-4,7-9,12H,5-6,10-11H2,1-2H3,(H,21,25)(H,20,22,24)/t12-/m0/s1. The molecule has 4 heterocycles. The highest BCUT2D eigenvalue weighted by Crippen LogP contribution is 2.34. The minimum Gasteiger partial charge on any atom is -0.375 e. The lowest BCUT2D eigenvalue weighted by molar-refractivity contribution is -0.228. The molecule has 0 aromatic carbocycles. The Balaban J connectivity index is 1.63. The molecule has 2 N–H and O–H groups in total. The zero-order chi connectivity index (χ0) is 19.0. The quantitative estimate of drug-likeness (QED) is 0.848. The molecule has 1 atom stereocenters. The summed E-state index contributed by atoms with van der Waals surface area (Å²) in [7, 11) is 0. The van der Waals surface area contributed by atoms with Gasteiger partial charge >= 0.3 is 0 Å². The molecule has 2 saturated heterocycles. The smallest absolute Gasteiger partial charge is 0.271 e. The van der Waals surface area contributed by atoms with Crippen LogP contribution in [-0.4, -0.2) is 53.9 Å². The number of morpholine rings is 1.